The van der Waals surface area contributed by atoms with Crippen LogP contribution in [0.15, 0.2) is 91.0 Å². The maximum atomic E-state index is 13.6. The van der Waals surface area contributed by atoms with Crippen molar-refractivity contribution < 1.29 is 57.0 Å². The second kappa shape index (κ2) is 19.9. The van der Waals surface area contributed by atoms with Crippen molar-refractivity contribution in [2.75, 3.05) is 34.5 Å². The van der Waals surface area contributed by atoms with Gasteiger partial charge in [-0.05, 0) is 41.4 Å². The van der Waals surface area contributed by atoms with Crippen LogP contribution in [-0.2, 0) is 60.3 Å². The van der Waals surface area contributed by atoms with Crippen molar-refractivity contribution in [2.45, 2.75) is 114 Å². The van der Waals surface area contributed by atoms with Crippen molar-refractivity contribution in [3.63, 3.8) is 0 Å². The summed E-state index contributed by atoms with van der Waals surface area (Å²) in [6.45, 7) is 11.4. The Hall–Kier alpha value is -3.05. The minimum Gasteiger partial charge on any atom is -0.450 e. The van der Waals surface area contributed by atoms with Gasteiger partial charge >= 0.3 is 5.97 Å². The molecule has 0 aromatic heterocycles. The van der Waals surface area contributed by atoms with Crippen molar-refractivity contribution in [1.82, 2.24) is 0 Å². The second-order valence-electron chi connectivity index (χ2n) is 15.4. The van der Waals surface area contributed by atoms with Gasteiger partial charge < -0.3 is 52.2 Å². The monoisotopic (exact) mass is 782 g/mol. The van der Waals surface area contributed by atoms with Crippen LogP contribution in [-0.4, -0.2) is 115 Å². The van der Waals surface area contributed by atoms with Gasteiger partial charge in [0.2, 0.25) is 0 Å². The number of rotatable bonds is 17. The fraction of sp³-hybridized carbons (Fsp3) is 0.548. The zero-order valence-corrected chi connectivity index (χ0v) is 34.2. The fourth-order valence-electron chi connectivity index (χ4n) is 6.41. The number of benzene rings is 3. The highest BCUT2D eigenvalue weighted by molar-refractivity contribution is 6.74. The number of ether oxygens (including phenoxy) is 9. The van der Waals surface area contributed by atoms with Crippen LogP contribution >= 0.6 is 0 Å². The van der Waals surface area contributed by atoms with Crippen molar-refractivity contribution >= 4 is 14.3 Å². The molecule has 2 fully saturated rings. The normalized spacial score (nSPS) is 28.8. The predicted molar refractivity (Wildman–Crippen MR) is 207 cm³/mol. The number of aliphatic hydroxyl groups is 1. The molecular formula is C42H58O12Si. The molecule has 2 saturated heterocycles. The lowest BCUT2D eigenvalue weighted by Crippen LogP contribution is -2.66. The van der Waals surface area contributed by atoms with Crippen molar-refractivity contribution in [2.24, 2.45) is 0 Å². The van der Waals surface area contributed by atoms with Crippen LogP contribution in [0.25, 0.3) is 0 Å². The van der Waals surface area contributed by atoms with Crippen LogP contribution < -0.4 is 0 Å². The summed E-state index contributed by atoms with van der Waals surface area (Å²) in [5.41, 5.74) is 2.24. The Kier molecular flexibility index (Phi) is 15.6. The molecule has 1 N–H and O–H groups in total. The molecule has 0 saturated carbocycles. The molecule has 0 amide bonds. The van der Waals surface area contributed by atoms with E-state index >= 15 is 0 Å². The first-order valence-electron chi connectivity index (χ1n) is 18.8. The van der Waals surface area contributed by atoms with Gasteiger partial charge in [0, 0.05) is 21.3 Å². The van der Waals surface area contributed by atoms with Gasteiger partial charge in [-0.15, -0.1) is 0 Å². The van der Waals surface area contributed by atoms with E-state index in [2.05, 4.69) is 33.9 Å². The number of carbonyl (C=O) groups excluding carboxylic acids is 1. The lowest BCUT2D eigenvalue weighted by Gasteiger charge is -2.49. The van der Waals surface area contributed by atoms with E-state index in [1.54, 1.807) is 44.6 Å². The van der Waals surface area contributed by atoms with E-state index in [0.717, 1.165) is 11.1 Å². The van der Waals surface area contributed by atoms with Crippen molar-refractivity contribution in [3.05, 3.63) is 108 Å². The third kappa shape index (κ3) is 11.1. The molecule has 12 nitrogen and oxygen atoms in total. The summed E-state index contributed by atoms with van der Waals surface area (Å²) in [5.74, 6) is -0.637. The Morgan fingerprint density at radius 1 is 0.673 bits per heavy atom. The second-order valence-corrected chi connectivity index (χ2v) is 20.2. The lowest BCUT2D eigenvalue weighted by molar-refractivity contribution is -0.364. The number of carbonyl (C=O) groups is 1. The third-order valence-corrected chi connectivity index (χ3v) is 15.1. The highest BCUT2D eigenvalue weighted by Gasteiger charge is 2.54. The summed E-state index contributed by atoms with van der Waals surface area (Å²) < 4.78 is 63.1. The maximum Gasteiger partial charge on any atom is 0.338 e. The number of aliphatic hydroxyl groups excluding tert-OH is 1. The summed E-state index contributed by atoms with van der Waals surface area (Å²) in [5, 5.41) is 11.6. The van der Waals surface area contributed by atoms with Gasteiger partial charge in [0.25, 0.3) is 0 Å². The van der Waals surface area contributed by atoms with E-state index in [9.17, 15) is 9.90 Å². The minimum atomic E-state index is -2.28. The Labute approximate surface area is 326 Å². The average Bonchev–Trinajstić information content (AvgIpc) is 3.18. The van der Waals surface area contributed by atoms with E-state index in [1.165, 1.54) is 7.11 Å². The van der Waals surface area contributed by atoms with E-state index < -0.39 is 75.7 Å². The first-order chi connectivity index (χ1) is 26.4. The molecule has 302 valence electrons. The average molecular weight is 783 g/mol. The highest BCUT2D eigenvalue weighted by atomic mass is 28.4. The molecule has 13 heteroatoms. The van der Waals surface area contributed by atoms with E-state index in [1.807, 2.05) is 60.7 Å². The van der Waals surface area contributed by atoms with Crippen molar-refractivity contribution in [1.29, 1.82) is 0 Å². The molecule has 0 unspecified atom stereocenters. The van der Waals surface area contributed by atoms with Crippen LogP contribution in [0.2, 0.25) is 18.1 Å². The Balaban J connectivity index is 1.48. The van der Waals surface area contributed by atoms with Crippen LogP contribution in [0.1, 0.15) is 42.3 Å². The van der Waals surface area contributed by atoms with Crippen molar-refractivity contribution in [3.8, 4) is 0 Å². The Morgan fingerprint density at radius 2 is 1.24 bits per heavy atom. The third-order valence-electron chi connectivity index (χ3n) is 10.6. The molecule has 3 aromatic rings. The predicted octanol–water partition coefficient (Wildman–Crippen LogP) is 5.91. The number of methoxy groups -OCH3 is 3. The number of hydrogen-bond acceptors (Lipinski definition) is 12. The molecular weight excluding hydrogens is 725 g/mol. The Bertz CT molecular complexity index is 1570. The zero-order valence-electron chi connectivity index (χ0n) is 33.2. The SMILES string of the molecule is CO[C@H]1O[C@H](COCc2ccccc2)[C@@H](O[C@@H]2O[C@@H](CO[Si](C)(C)C(C)(C)C)[C@@H](O)[C@H](OC)[C@H]2OC(=O)c2ccccc2)[C@H](OC)[C@H]1OCc1ccccc1. The van der Waals surface area contributed by atoms with Gasteiger partial charge in [-0.25, -0.2) is 4.79 Å². The molecule has 0 spiro atoms. The molecule has 0 aliphatic carbocycles. The zero-order chi connectivity index (χ0) is 39.6. The molecule has 2 aliphatic rings. The van der Waals surface area contributed by atoms with E-state index in [-0.39, 0.29) is 24.9 Å². The largest absolute Gasteiger partial charge is 0.450 e. The van der Waals surface area contributed by atoms with Gasteiger partial charge in [-0.1, -0.05) is 99.6 Å². The van der Waals surface area contributed by atoms with Gasteiger partial charge in [-0.2, -0.15) is 0 Å². The summed E-state index contributed by atoms with van der Waals surface area (Å²) in [7, 11) is 2.28. The van der Waals surface area contributed by atoms with Gasteiger partial charge in [0.05, 0.1) is 32.0 Å². The number of hydrogen-bond donors (Lipinski definition) is 1. The summed E-state index contributed by atoms with van der Waals surface area (Å²) >= 11 is 0. The molecule has 3 aromatic carbocycles. The molecule has 0 radical (unpaired) electrons. The van der Waals surface area contributed by atoms with E-state index in [4.69, 9.17) is 47.1 Å². The minimum absolute atomic E-state index is 0.0593. The lowest BCUT2D eigenvalue weighted by atomic mass is 9.96. The maximum absolute atomic E-state index is 13.6. The summed E-state index contributed by atoms with van der Waals surface area (Å²) in [4.78, 5) is 13.6. The molecule has 2 heterocycles. The van der Waals surface area contributed by atoms with Crippen LogP contribution in [0.3, 0.4) is 0 Å². The molecule has 2 aliphatic heterocycles. The first-order valence-corrected chi connectivity index (χ1v) is 21.7. The highest BCUT2D eigenvalue weighted by Crippen LogP contribution is 2.38. The van der Waals surface area contributed by atoms with Gasteiger partial charge in [0.1, 0.15) is 42.7 Å². The molecule has 5 rings (SSSR count). The number of esters is 1. The van der Waals surface area contributed by atoms with Crippen LogP contribution in [0, 0.1) is 0 Å². The molecule has 10 atom stereocenters. The summed E-state index contributed by atoms with van der Waals surface area (Å²) in [6, 6.07) is 28.1. The standard InChI is InChI=1S/C42H58O12Si/c1-42(2,3)55(7,8)50-27-31-33(43)35(45-4)38(53-39(44)30-22-16-11-17-23-30)41(51-31)54-34-32(26-48-24-28-18-12-9-13-19-28)52-40(47-6)37(36(34)46-5)49-25-29-20-14-10-15-21-29/h9-23,31-38,40-41,43H,24-27H2,1-8H3/t31-,32+,33+,34+,35-,36-,37+,38+,40-,41-/m0/s1. The summed E-state index contributed by atoms with van der Waals surface area (Å²) in [6.07, 6.45) is -9.73. The molecule has 55 heavy (non-hydrogen) atoms. The molecule has 0 bridgehead atoms. The van der Waals surface area contributed by atoms with Gasteiger partial charge in [-0.3, -0.25) is 0 Å². The van der Waals surface area contributed by atoms with E-state index in [0.29, 0.717) is 12.2 Å². The quantitative estimate of drug-likeness (QED) is 0.129. The van der Waals surface area contributed by atoms with Gasteiger partial charge in [0.15, 0.2) is 27.0 Å². The van der Waals surface area contributed by atoms with Crippen LogP contribution in [0.4, 0.5) is 0 Å². The topological polar surface area (TPSA) is 130 Å². The Morgan fingerprint density at radius 3 is 1.80 bits per heavy atom. The first kappa shape index (κ1) is 43.1. The fourth-order valence-corrected chi connectivity index (χ4v) is 7.42. The van der Waals surface area contributed by atoms with Crippen LogP contribution in [0.5, 0.6) is 0 Å². The smallest absolute Gasteiger partial charge is 0.338 e.